The van der Waals surface area contributed by atoms with E-state index >= 15 is 0 Å². The molecule has 0 saturated carbocycles. The van der Waals surface area contributed by atoms with Crippen molar-refractivity contribution in [3.05, 3.63) is 152 Å². The van der Waals surface area contributed by atoms with Gasteiger partial charge in [0.25, 0.3) is 0 Å². The van der Waals surface area contributed by atoms with Crippen molar-refractivity contribution in [2.75, 3.05) is 0 Å². The molecular formula is C30H25KSi2. The summed E-state index contributed by atoms with van der Waals surface area (Å²) in [6, 6.07) is 56.3. The van der Waals surface area contributed by atoms with Gasteiger partial charge in [-0.15, -0.1) is 0 Å². The summed E-state index contributed by atoms with van der Waals surface area (Å²) in [5.74, 6) is 0. The van der Waals surface area contributed by atoms with Crippen molar-refractivity contribution >= 4 is 41.8 Å². The molecule has 0 atom stereocenters. The normalized spacial score (nSPS) is 10.8. The van der Waals surface area contributed by atoms with Crippen molar-refractivity contribution < 1.29 is 51.4 Å². The second kappa shape index (κ2) is 11.5. The summed E-state index contributed by atoms with van der Waals surface area (Å²) >= 11 is 0. The number of benzene rings is 5. The Hall–Kier alpha value is -1.83. The second-order valence-corrected chi connectivity index (χ2v) is 16.8. The summed E-state index contributed by atoms with van der Waals surface area (Å²) in [5, 5.41) is 7.34. The van der Waals surface area contributed by atoms with Gasteiger partial charge in [0.05, 0.1) is 0 Å². The largest absolute Gasteiger partial charge is 1.00 e. The van der Waals surface area contributed by atoms with E-state index in [1.54, 1.807) is 0 Å². The van der Waals surface area contributed by atoms with Gasteiger partial charge in [-0.1, -0.05) is 167 Å². The predicted molar refractivity (Wildman–Crippen MR) is 142 cm³/mol. The van der Waals surface area contributed by atoms with E-state index in [1.165, 1.54) is 25.9 Å². The molecule has 0 radical (unpaired) electrons. The summed E-state index contributed by atoms with van der Waals surface area (Å²) in [5.41, 5.74) is 0. The van der Waals surface area contributed by atoms with Crippen LogP contribution in [-0.2, 0) is 0 Å². The van der Waals surface area contributed by atoms with Gasteiger partial charge < -0.3 is 0 Å². The standard InChI is InChI=1S/C30H25Si2.K/c1-6-16-26(17-7-1)31(27-18-8-2-9-19-27)32(28-20-10-3-11-21-28,29-22-12-4-13-23-29)30-24-14-5-15-25-30;/h1-25H;/q-1;+1. The molecule has 5 aromatic carbocycles. The van der Waals surface area contributed by atoms with Crippen molar-refractivity contribution in [3.63, 3.8) is 0 Å². The minimum atomic E-state index is -2.43. The van der Waals surface area contributed by atoms with Crippen LogP contribution in [0.25, 0.3) is 0 Å². The second-order valence-electron chi connectivity index (χ2n) is 7.96. The Morgan fingerprint density at radius 3 is 0.848 bits per heavy atom. The predicted octanol–water partition coefficient (Wildman–Crippen LogP) is 0.548. The van der Waals surface area contributed by atoms with Gasteiger partial charge in [-0.3, -0.25) is 0 Å². The molecule has 0 bridgehead atoms. The van der Waals surface area contributed by atoms with Gasteiger partial charge in [0, 0.05) is 7.59 Å². The fourth-order valence-corrected chi connectivity index (χ4v) is 18.7. The molecule has 0 saturated heterocycles. The fourth-order valence-electron chi connectivity index (χ4n) is 4.81. The minimum Gasteiger partial charge on any atom is -0.234 e. The average molecular weight is 481 g/mol. The van der Waals surface area contributed by atoms with Crippen LogP contribution in [0.2, 0.25) is 0 Å². The zero-order valence-electron chi connectivity index (χ0n) is 18.9. The third-order valence-electron chi connectivity index (χ3n) is 6.12. The molecule has 0 heterocycles. The van der Waals surface area contributed by atoms with Crippen molar-refractivity contribution in [1.29, 1.82) is 0 Å². The smallest absolute Gasteiger partial charge is 0.234 e. The van der Waals surface area contributed by atoms with E-state index in [1.807, 2.05) is 0 Å². The molecule has 0 N–H and O–H groups in total. The van der Waals surface area contributed by atoms with Gasteiger partial charge in [-0.25, -0.2) is 8.31 Å². The first-order valence-electron chi connectivity index (χ1n) is 11.1. The zero-order valence-corrected chi connectivity index (χ0v) is 24.1. The van der Waals surface area contributed by atoms with Crippen LogP contribution in [0.3, 0.4) is 0 Å². The van der Waals surface area contributed by atoms with Gasteiger partial charge in [-0.05, 0) is 0 Å². The van der Waals surface area contributed by atoms with Crippen LogP contribution in [-0.4, -0.2) is 15.9 Å². The molecule has 0 aliphatic rings. The van der Waals surface area contributed by atoms with Crippen LogP contribution in [0.15, 0.2) is 152 Å². The molecule has 0 nitrogen and oxygen atoms in total. The number of rotatable bonds is 6. The Morgan fingerprint density at radius 1 is 0.333 bits per heavy atom. The molecular weight excluding hydrogens is 456 g/mol. The first kappa shape index (κ1) is 24.3. The Labute approximate surface area is 242 Å². The maximum atomic E-state index is 2.36. The van der Waals surface area contributed by atoms with Gasteiger partial charge >= 0.3 is 51.4 Å². The van der Waals surface area contributed by atoms with E-state index in [-0.39, 0.29) is 51.4 Å². The molecule has 0 aliphatic carbocycles. The molecule has 0 unspecified atom stereocenters. The monoisotopic (exact) mass is 480 g/mol. The Morgan fingerprint density at radius 2 is 0.576 bits per heavy atom. The van der Waals surface area contributed by atoms with Gasteiger partial charge in [0.2, 0.25) is 0 Å². The van der Waals surface area contributed by atoms with Crippen LogP contribution in [0.5, 0.6) is 0 Å². The zero-order chi connectivity index (χ0) is 21.6. The number of hydrogen-bond acceptors (Lipinski definition) is 0. The Balaban J connectivity index is 0.00000259. The maximum absolute atomic E-state index is 2.43. The Bertz CT molecular complexity index is 1110. The van der Waals surface area contributed by atoms with Crippen LogP contribution in [0.4, 0.5) is 0 Å². The summed E-state index contributed by atoms with van der Waals surface area (Å²) < 4.78 is 0. The van der Waals surface area contributed by atoms with Crippen molar-refractivity contribution in [3.8, 4) is 0 Å². The molecule has 0 aliphatic heterocycles. The fraction of sp³-hybridized carbons (Fsp3) is 0. The number of hydrogen-bond donors (Lipinski definition) is 0. The summed E-state index contributed by atoms with van der Waals surface area (Å²) in [7, 11) is -3.65. The van der Waals surface area contributed by atoms with Gasteiger partial charge in [-0.2, -0.15) is 10.4 Å². The molecule has 5 aromatic rings. The van der Waals surface area contributed by atoms with Crippen molar-refractivity contribution in [2.24, 2.45) is 0 Å². The molecule has 5 rings (SSSR count). The van der Waals surface area contributed by atoms with E-state index in [0.29, 0.717) is 0 Å². The summed E-state index contributed by atoms with van der Waals surface area (Å²) in [4.78, 5) is 0. The molecule has 0 amide bonds. The third kappa shape index (κ3) is 4.86. The van der Waals surface area contributed by atoms with Crippen molar-refractivity contribution in [1.82, 2.24) is 0 Å². The van der Waals surface area contributed by atoms with E-state index in [0.717, 1.165) is 0 Å². The summed E-state index contributed by atoms with van der Waals surface area (Å²) in [6.07, 6.45) is 0. The van der Waals surface area contributed by atoms with Crippen LogP contribution >= 0.6 is 0 Å². The van der Waals surface area contributed by atoms with E-state index in [4.69, 9.17) is 0 Å². The SMILES string of the molecule is [K+].c1ccc([Si-](c2ccccc2)[Si](c2ccccc2)(c2ccccc2)c2ccccc2)cc1. The average Bonchev–Trinajstić information content (AvgIpc) is 2.90. The topological polar surface area (TPSA) is 0 Å². The first-order chi connectivity index (χ1) is 15.9. The van der Waals surface area contributed by atoms with Gasteiger partial charge in [0.15, 0.2) is 0 Å². The van der Waals surface area contributed by atoms with E-state index < -0.39 is 15.9 Å². The Kier molecular flexibility index (Phi) is 8.50. The molecule has 0 aromatic heterocycles. The van der Waals surface area contributed by atoms with Crippen molar-refractivity contribution in [2.45, 2.75) is 0 Å². The molecule has 0 fully saturated rings. The summed E-state index contributed by atoms with van der Waals surface area (Å²) in [6.45, 7) is 0. The quantitative estimate of drug-likeness (QED) is 0.246. The minimum absolute atomic E-state index is 0. The third-order valence-corrected chi connectivity index (χ3v) is 18.9. The van der Waals surface area contributed by atoms with Crippen LogP contribution in [0, 0.1) is 0 Å². The van der Waals surface area contributed by atoms with Gasteiger partial charge in [0.1, 0.15) is 0 Å². The molecule has 33 heavy (non-hydrogen) atoms. The molecule has 154 valence electrons. The molecule has 0 spiro atoms. The van der Waals surface area contributed by atoms with E-state index in [9.17, 15) is 0 Å². The van der Waals surface area contributed by atoms with Crippen LogP contribution in [0.1, 0.15) is 0 Å². The van der Waals surface area contributed by atoms with E-state index in [2.05, 4.69) is 152 Å². The molecule has 3 heteroatoms. The maximum Gasteiger partial charge on any atom is 1.00 e. The first-order valence-corrected chi connectivity index (χ1v) is 15.6. The van der Waals surface area contributed by atoms with Crippen LogP contribution < -0.4 is 77.3 Å².